The number of nitrogens with zero attached hydrogens (tertiary/aromatic N) is 4. The first-order valence-electron chi connectivity index (χ1n) is 11.6. The van der Waals surface area contributed by atoms with Crippen molar-refractivity contribution in [3.05, 3.63) is 41.7 Å². The SMILES string of the molecule is COC(=O)C1CCC(C(=O)N2CCN(c3ccc(NC(=O)c4cc(C)n(C(F)F)n4)cc3)CC2)C1. The fraction of sp³-hybridized carbons (Fsp3) is 0.500. The Morgan fingerprint density at radius 1 is 1.06 bits per heavy atom. The summed E-state index contributed by atoms with van der Waals surface area (Å²) in [5.74, 6) is -0.988. The van der Waals surface area contributed by atoms with Crippen LogP contribution >= 0.6 is 0 Å². The molecule has 2 fully saturated rings. The Kier molecular flexibility index (Phi) is 7.32. The summed E-state index contributed by atoms with van der Waals surface area (Å²) in [5, 5.41) is 6.33. The number of hydrogen-bond acceptors (Lipinski definition) is 6. The number of nitrogens with one attached hydrogen (secondary N) is 1. The highest BCUT2D eigenvalue weighted by Crippen LogP contribution is 2.33. The summed E-state index contributed by atoms with van der Waals surface area (Å²) in [6.45, 7) is 1.21. The van der Waals surface area contributed by atoms with Crippen LogP contribution in [0.15, 0.2) is 30.3 Å². The molecule has 1 aliphatic carbocycles. The minimum Gasteiger partial charge on any atom is -0.469 e. The van der Waals surface area contributed by atoms with E-state index < -0.39 is 12.5 Å². The lowest BCUT2D eigenvalue weighted by Gasteiger charge is -2.37. The molecule has 0 spiro atoms. The average molecular weight is 490 g/mol. The lowest BCUT2D eigenvalue weighted by molar-refractivity contribution is -0.145. The first kappa shape index (κ1) is 24.6. The second-order valence-electron chi connectivity index (χ2n) is 8.94. The van der Waals surface area contributed by atoms with Crippen molar-refractivity contribution in [1.82, 2.24) is 14.7 Å². The predicted octanol–water partition coefficient (Wildman–Crippen LogP) is 3.08. The molecule has 2 atom stereocenters. The minimum atomic E-state index is -2.80. The summed E-state index contributed by atoms with van der Waals surface area (Å²) in [7, 11) is 1.38. The van der Waals surface area contributed by atoms with Gasteiger partial charge in [0.2, 0.25) is 5.91 Å². The summed E-state index contributed by atoms with van der Waals surface area (Å²) in [6, 6.07) is 8.54. The van der Waals surface area contributed by atoms with Crippen LogP contribution in [-0.2, 0) is 14.3 Å². The maximum Gasteiger partial charge on any atom is 0.333 e. The van der Waals surface area contributed by atoms with Crippen molar-refractivity contribution in [2.24, 2.45) is 11.8 Å². The van der Waals surface area contributed by atoms with Gasteiger partial charge in [0, 0.05) is 49.2 Å². The molecular formula is C24H29F2N5O4. The van der Waals surface area contributed by atoms with Gasteiger partial charge in [-0.25, -0.2) is 4.68 Å². The molecule has 0 bridgehead atoms. The zero-order chi connectivity index (χ0) is 25.1. The van der Waals surface area contributed by atoms with Crippen molar-refractivity contribution in [3.8, 4) is 0 Å². The van der Waals surface area contributed by atoms with Gasteiger partial charge in [-0.2, -0.15) is 13.9 Å². The molecule has 1 aliphatic heterocycles. The Bertz CT molecular complexity index is 1080. The van der Waals surface area contributed by atoms with Gasteiger partial charge in [0.15, 0.2) is 5.69 Å². The largest absolute Gasteiger partial charge is 0.469 e. The van der Waals surface area contributed by atoms with Crippen LogP contribution in [0.1, 0.15) is 42.0 Å². The van der Waals surface area contributed by atoms with Crippen LogP contribution in [0, 0.1) is 18.8 Å². The molecule has 2 amide bonds. The molecule has 2 aliphatic rings. The molecule has 1 aromatic heterocycles. The monoisotopic (exact) mass is 489 g/mol. The number of methoxy groups -OCH3 is 1. The normalized spacial score (nSPS) is 20.3. The van der Waals surface area contributed by atoms with Gasteiger partial charge in [0.05, 0.1) is 13.0 Å². The van der Waals surface area contributed by atoms with Crippen molar-refractivity contribution < 1.29 is 27.9 Å². The standard InChI is InChI=1S/C24H29F2N5O4/c1-15-13-20(28-31(15)24(25)26)21(32)27-18-5-7-19(8-6-18)29-9-11-30(12-10-29)22(33)16-3-4-17(14-16)23(34)35-2/h5-8,13,16-17,24H,3-4,9-12,14H2,1-2H3,(H,27,32). The lowest BCUT2D eigenvalue weighted by Crippen LogP contribution is -2.50. The molecule has 2 aromatic rings. The number of carbonyl (C=O) groups is 3. The van der Waals surface area contributed by atoms with E-state index in [4.69, 9.17) is 4.74 Å². The van der Waals surface area contributed by atoms with Crippen LogP contribution < -0.4 is 10.2 Å². The molecule has 35 heavy (non-hydrogen) atoms. The van der Waals surface area contributed by atoms with Gasteiger partial charge < -0.3 is 19.9 Å². The summed E-state index contributed by atoms with van der Waals surface area (Å²) in [5.41, 5.74) is 1.61. The predicted molar refractivity (Wildman–Crippen MR) is 124 cm³/mol. The van der Waals surface area contributed by atoms with E-state index in [1.54, 1.807) is 12.1 Å². The van der Waals surface area contributed by atoms with Gasteiger partial charge in [-0.15, -0.1) is 0 Å². The van der Waals surface area contributed by atoms with E-state index in [9.17, 15) is 23.2 Å². The number of rotatable bonds is 6. The molecule has 1 aromatic carbocycles. The van der Waals surface area contributed by atoms with Crippen LogP contribution in [0.25, 0.3) is 0 Å². The molecule has 11 heteroatoms. The average Bonchev–Trinajstić information content (AvgIpc) is 3.51. The number of aromatic nitrogens is 2. The zero-order valence-corrected chi connectivity index (χ0v) is 19.7. The van der Waals surface area contributed by atoms with Crippen LogP contribution in [-0.4, -0.2) is 65.8 Å². The van der Waals surface area contributed by atoms with Gasteiger partial charge >= 0.3 is 12.5 Å². The number of hydrogen-bond donors (Lipinski definition) is 1. The fourth-order valence-corrected chi connectivity index (χ4v) is 4.78. The number of amides is 2. The zero-order valence-electron chi connectivity index (χ0n) is 19.7. The van der Waals surface area contributed by atoms with E-state index in [-0.39, 0.29) is 35.1 Å². The molecule has 4 rings (SSSR count). The van der Waals surface area contributed by atoms with Crippen LogP contribution in [0.3, 0.4) is 0 Å². The third-order valence-electron chi connectivity index (χ3n) is 6.74. The van der Waals surface area contributed by atoms with Crippen molar-refractivity contribution in [3.63, 3.8) is 0 Å². The maximum atomic E-state index is 12.9. The molecule has 9 nitrogen and oxygen atoms in total. The maximum absolute atomic E-state index is 12.9. The van der Waals surface area contributed by atoms with Gasteiger partial charge in [-0.05, 0) is 56.5 Å². The summed E-state index contributed by atoms with van der Waals surface area (Å²) < 4.78 is 31.1. The van der Waals surface area contributed by atoms with Gasteiger partial charge in [-0.3, -0.25) is 14.4 Å². The van der Waals surface area contributed by atoms with Crippen LogP contribution in [0.2, 0.25) is 0 Å². The number of halogens is 2. The minimum absolute atomic E-state index is 0.0761. The number of piperazine rings is 1. The van der Waals surface area contributed by atoms with E-state index >= 15 is 0 Å². The second kappa shape index (κ2) is 10.4. The molecule has 2 unspecified atom stereocenters. The van der Waals surface area contributed by atoms with Crippen molar-refractivity contribution >= 4 is 29.2 Å². The molecule has 1 N–H and O–H groups in total. The Morgan fingerprint density at radius 2 is 1.71 bits per heavy atom. The highest BCUT2D eigenvalue weighted by molar-refractivity contribution is 6.03. The first-order chi connectivity index (χ1) is 16.8. The van der Waals surface area contributed by atoms with Crippen LogP contribution in [0.4, 0.5) is 20.2 Å². The molecular weight excluding hydrogens is 460 g/mol. The summed E-state index contributed by atoms with van der Waals surface area (Å²) >= 11 is 0. The molecule has 1 saturated carbocycles. The van der Waals surface area contributed by atoms with Crippen molar-refractivity contribution in [1.29, 1.82) is 0 Å². The number of esters is 1. The number of aryl methyl sites for hydroxylation is 1. The summed E-state index contributed by atoms with van der Waals surface area (Å²) in [6.07, 6.45) is 1.97. The Labute approximate surface area is 202 Å². The van der Waals surface area contributed by atoms with E-state index in [2.05, 4.69) is 15.3 Å². The Balaban J connectivity index is 1.28. The molecule has 1 saturated heterocycles. The molecule has 2 heterocycles. The number of anilines is 2. The van der Waals surface area contributed by atoms with Crippen LogP contribution in [0.5, 0.6) is 0 Å². The van der Waals surface area contributed by atoms with Gasteiger partial charge in [-0.1, -0.05) is 0 Å². The van der Waals surface area contributed by atoms with E-state index in [1.807, 2.05) is 17.0 Å². The van der Waals surface area contributed by atoms with Gasteiger partial charge in [0.1, 0.15) is 0 Å². The Morgan fingerprint density at radius 3 is 2.31 bits per heavy atom. The smallest absolute Gasteiger partial charge is 0.333 e. The number of alkyl halides is 2. The number of carbonyl (C=O) groups excluding carboxylic acids is 3. The Hall–Kier alpha value is -3.50. The third kappa shape index (κ3) is 5.44. The van der Waals surface area contributed by atoms with Crippen molar-refractivity contribution in [2.75, 3.05) is 43.5 Å². The quantitative estimate of drug-likeness (QED) is 0.627. The highest BCUT2D eigenvalue weighted by atomic mass is 19.3. The first-order valence-corrected chi connectivity index (χ1v) is 11.6. The van der Waals surface area contributed by atoms with E-state index in [1.165, 1.54) is 20.1 Å². The lowest BCUT2D eigenvalue weighted by atomic mass is 10.0. The number of benzene rings is 1. The fourth-order valence-electron chi connectivity index (χ4n) is 4.78. The second-order valence-corrected chi connectivity index (χ2v) is 8.94. The van der Waals surface area contributed by atoms with Crippen molar-refractivity contribution in [2.45, 2.75) is 32.7 Å². The highest BCUT2D eigenvalue weighted by Gasteiger charge is 2.37. The molecule has 0 radical (unpaired) electrons. The molecule has 188 valence electrons. The number of ether oxygens (including phenoxy) is 1. The summed E-state index contributed by atoms with van der Waals surface area (Å²) in [4.78, 5) is 41.0. The third-order valence-corrected chi connectivity index (χ3v) is 6.74. The topological polar surface area (TPSA) is 96.8 Å². The van der Waals surface area contributed by atoms with E-state index in [0.29, 0.717) is 55.8 Å². The van der Waals surface area contributed by atoms with Gasteiger partial charge in [0.25, 0.3) is 5.91 Å². The van der Waals surface area contributed by atoms with E-state index in [0.717, 1.165) is 5.69 Å².